The Labute approximate surface area is 176 Å². The molecule has 0 amide bonds. The van der Waals surface area contributed by atoms with E-state index in [9.17, 15) is 0 Å². The molecule has 5 rings (SSSR count). The van der Waals surface area contributed by atoms with E-state index in [4.69, 9.17) is 14.7 Å². The number of fused-ring (bicyclic) bond motifs is 6. The Bertz CT molecular complexity index is 1350. The molecule has 0 radical (unpaired) electrons. The van der Waals surface area contributed by atoms with Crippen LogP contribution in [0, 0.1) is 6.92 Å². The maximum absolute atomic E-state index is 5.54. The average molecular weight is 396 g/mol. The number of rotatable bonds is 5. The summed E-state index contributed by atoms with van der Waals surface area (Å²) in [5, 5.41) is 3.48. The minimum atomic E-state index is 0.260. The van der Waals surface area contributed by atoms with Gasteiger partial charge in [0.15, 0.2) is 0 Å². The van der Waals surface area contributed by atoms with Gasteiger partial charge in [0.1, 0.15) is 6.33 Å². The molecule has 2 heterocycles. The Kier molecular flexibility index (Phi) is 4.72. The van der Waals surface area contributed by atoms with Gasteiger partial charge in [-0.1, -0.05) is 37.3 Å². The van der Waals surface area contributed by atoms with Gasteiger partial charge in [-0.15, -0.1) is 0 Å². The van der Waals surface area contributed by atoms with E-state index in [-0.39, 0.29) is 6.10 Å². The molecule has 0 bridgehead atoms. The van der Waals surface area contributed by atoms with Crippen LogP contribution < -0.4 is 0 Å². The number of methoxy groups -OCH3 is 1. The summed E-state index contributed by atoms with van der Waals surface area (Å²) >= 11 is 0. The van der Waals surface area contributed by atoms with Crippen molar-refractivity contribution in [2.75, 3.05) is 7.11 Å². The van der Waals surface area contributed by atoms with Gasteiger partial charge in [-0.2, -0.15) is 0 Å². The lowest BCUT2D eigenvalue weighted by Gasteiger charge is -2.14. The van der Waals surface area contributed by atoms with E-state index in [1.54, 1.807) is 7.11 Å². The lowest BCUT2D eigenvalue weighted by atomic mass is 9.99. The Morgan fingerprint density at radius 1 is 0.933 bits per heavy atom. The summed E-state index contributed by atoms with van der Waals surface area (Å²) < 4.78 is 7.74. The zero-order valence-electron chi connectivity index (χ0n) is 17.6. The van der Waals surface area contributed by atoms with E-state index in [0.29, 0.717) is 0 Å². The van der Waals surface area contributed by atoms with Crippen LogP contribution in [0.2, 0.25) is 0 Å². The van der Waals surface area contributed by atoms with Crippen molar-refractivity contribution in [2.45, 2.75) is 32.8 Å². The fourth-order valence-corrected chi connectivity index (χ4v) is 4.42. The molecule has 0 fully saturated rings. The number of imidazole rings is 1. The van der Waals surface area contributed by atoms with Crippen molar-refractivity contribution in [1.29, 1.82) is 0 Å². The van der Waals surface area contributed by atoms with E-state index in [1.807, 2.05) is 18.6 Å². The molecule has 1 atom stereocenters. The van der Waals surface area contributed by atoms with Crippen LogP contribution in [0.1, 0.15) is 24.5 Å². The van der Waals surface area contributed by atoms with Crippen LogP contribution in [-0.4, -0.2) is 27.7 Å². The molecule has 1 unspecified atom stereocenters. The predicted molar refractivity (Wildman–Crippen MR) is 123 cm³/mol. The quantitative estimate of drug-likeness (QED) is 0.343. The van der Waals surface area contributed by atoms with Gasteiger partial charge in [-0.05, 0) is 55.2 Å². The molecule has 0 saturated heterocycles. The topological polar surface area (TPSA) is 39.9 Å². The SMILES string of the molecule is CCC(Cc1ccc(-n2cnc3c4cccnc4c4c(C)cccc4c32)cc1)OC. The molecule has 4 nitrogen and oxygen atoms in total. The number of benzene rings is 3. The first-order valence-corrected chi connectivity index (χ1v) is 10.5. The highest BCUT2D eigenvalue weighted by molar-refractivity contribution is 6.23. The normalized spacial score (nSPS) is 12.8. The molecule has 0 aliphatic rings. The van der Waals surface area contributed by atoms with Crippen molar-refractivity contribution in [3.8, 4) is 5.69 Å². The summed E-state index contributed by atoms with van der Waals surface area (Å²) in [6, 6.07) is 19.3. The second kappa shape index (κ2) is 7.54. The third-order valence-corrected chi connectivity index (χ3v) is 6.06. The van der Waals surface area contributed by atoms with Crippen molar-refractivity contribution in [3.63, 3.8) is 0 Å². The van der Waals surface area contributed by atoms with Crippen molar-refractivity contribution in [3.05, 3.63) is 78.2 Å². The maximum atomic E-state index is 5.54. The first-order chi connectivity index (χ1) is 14.7. The van der Waals surface area contributed by atoms with Gasteiger partial charge in [0.2, 0.25) is 0 Å². The first-order valence-electron chi connectivity index (χ1n) is 10.5. The minimum Gasteiger partial charge on any atom is -0.381 e. The summed E-state index contributed by atoms with van der Waals surface area (Å²) in [4.78, 5) is 9.50. The molecule has 30 heavy (non-hydrogen) atoms. The number of hydrogen-bond acceptors (Lipinski definition) is 3. The largest absolute Gasteiger partial charge is 0.381 e. The van der Waals surface area contributed by atoms with Crippen LogP contribution >= 0.6 is 0 Å². The summed E-state index contributed by atoms with van der Waals surface area (Å²) in [6.07, 6.45) is 5.99. The van der Waals surface area contributed by atoms with Crippen molar-refractivity contribution < 1.29 is 4.74 Å². The highest BCUT2D eigenvalue weighted by Gasteiger charge is 2.16. The van der Waals surface area contributed by atoms with Gasteiger partial charge in [-0.3, -0.25) is 9.55 Å². The molecule has 0 aliphatic heterocycles. The van der Waals surface area contributed by atoms with Gasteiger partial charge in [0, 0.05) is 35.2 Å². The molecule has 4 heteroatoms. The number of nitrogens with zero attached hydrogens (tertiary/aromatic N) is 3. The summed E-state index contributed by atoms with van der Waals surface area (Å²) in [6.45, 7) is 4.31. The lowest BCUT2D eigenvalue weighted by molar-refractivity contribution is 0.0998. The maximum Gasteiger partial charge on any atom is 0.100 e. The molecule has 0 saturated carbocycles. The van der Waals surface area contributed by atoms with Crippen LogP contribution in [0.5, 0.6) is 0 Å². The fourth-order valence-electron chi connectivity index (χ4n) is 4.42. The van der Waals surface area contributed by atoms with Crippen molar-refractivity contribution in [2.24, 2.45) is 0 Å². The molecule has 150 valence electrons. The number of pyridine rings is 1. The third-order valence-electron chi connectivity index (χ3n) is 6.06. The third kappa shape index (κ3) is 2.96. The Balaban J connectivity index is 1.72. The molecule has 0 N–H and O–H groups in total. The molecule has 0 aliphatic carbocycles. The van der Waals surface area contributed by atoms with Gasteiger partial charge in [0.25, 0.3) is 0 Å². The smallest absolute Gasteiger partial charge is 0.100 e. The second-order valence-corrected chi connectivity index (χ2v) is 7.85. The van der Waals surface area contributed by atoms with E-state index < -0.39 is 0 Å². The van der Waals surface area contributed by atoms with Crippen molar-refractivity contribution in [1.82, 2.24) is 14.5 Å². The van der Waals surface area contributed by atoms with Crippen LogP contribution in [0.15, 0.2) is 67.1 Å². The molecule has 5 aromatic rings. The Morgan fingerprint density at radius 3 is 2.50 bits per heavy atom. The average Bonchev–Trinajstić information content (AvgIpc) is 3.24. The van der Waals surface area contributed by atoms with Crippen LogP contribution in [-0.2, 0) is 11.2 Å². The zero-order valence-corrected chi connectivity index (χ0v) is 17.6. The molecule has 2 aromatic heterocycles. The van der Waals surface area contributed by atoms with Crippen LogP contribution in [0.3, 0.4) is 0 Å². The van der Waals surface area contributed by atoms with E-state index in [1.165, 1.54) is 21.9 Å². The molecule has 3 aromatic carbocycles. The van der Waals surface area contributed by atoms with Crippen LogP contribution in [0.4, 0.5) is 0 Å². The predicted octanol–water partition coefficient (Wildman–Crippen LogP) is 6.00. The Morgan fingerprint density at radius 2 is 1.73 bits per heavy atom. The number of aromatic nitrogens is 3. The Hall–Kier alpha value is -3.24. The molecular weight excluding hydrogens is 370 g/mol. The van der Waals surface area contributed by atoms with Gasteiger partial charge >= 0.3 is 0 Å². The minimum absolute atomic E-state index is 0.260. The van der Waals surface area contributed by atoms with E-state index in [2.05, 4.69) is 66.9 Å². The summed E-state index contributed by atoms with van der Waals surface area (Å²) in [5.74, 6) is 0. The van der Waals surface area contributed by atoms with Gasteiger partial charge < -0.3 is 4.74 Å². The van der Waals surface area contributed by atoms with Crippen LogP contribution in [0.25, 0.3) is 38.4 Å². The fraction of sp³-hybridized carbons (Fsp3) is 0.231. The highest BCUT2D eigenvalue weighted by Crippen LogP contribution is 2.36. The highest BCUT2D eigenvalue weighted by atomic mass is 16.5. The number of ether oxygens (including phenoxy) is 1. The number of hydrogen-bond donors (Lipinski definition) is 0. The first kappa shape index (κ1) is 18.8. The van der Waals surface area contributed by atoms with Crippen molar-refractivity contribution >= 4 is 32.7 Å². The number of aryl methyl sites for hydroxylation is 1. The zero-order chi connectivity index (χ0) is 20.7. The van der Waals surface area contributed by atoms with E-state index >= 15 is 0 Å². The molecular formula is C26H25N3O. The van der Waals surface area contributed by atoms with Gasteiger partial charge in [-0.25, -0.2) is 4.98 Å². The second-order valence-electron chi connectivity index (χ2n) is 7.85. The summed E-state index contributed by atoms with van der Waals surface area (Å²) in [7, 11) is 1.78. The standard InChI is InChI=1S/C26H25N3O/c1-4-20(30-3)15-18-10-12-19(13-11-18)29-16-28-25-22-9-6-14-27-24(22)23-17(2)7-5-8-21(23)26(25)29/h5-14,16,20H,4,15H2,1-3H3. The van der Waals surface area contributed by atoms with Gasteiger partial charge in [0.05, 0.1) is 22.7 Å². The monoisotopic (exact) mass is 395 g/mol. The lowest BCUT2D eigenvalue weighted by Crippen LogP contribution is -2.12. The summed E-state index contributed by atoms with van der Waals surface area (Å²) in [5.41, 5.74) is 6.76. The molecule has 0 spiro atoms. The van der Waals surface area contributed by atoms with E-state index in [0.717, 1.165) is 40.5 Å².